The third kappa shape index (κ3) is 1.61. The molecule has 0 aliphatic carbocycles. The van der Waals surface area contributed by atoms with Crippen LogP contribution in [-0.4, -0.2) is 0 Å². The Morgan fingerprint density at radius 2 is 2.17 bits per heavy atom. The zero-order valence-corrected chi connectivity index (χ0v) is 9.11. The molecule has 12 heavy (non-hydrogen) atoms. The molecule has 0 amide bonds. The summed E-state index contributed by atoms with van der Waals surface area (Å²) in [4.78, 5) is 0. The fraction of sp³-hybridized carbons (Fsp3) is 0.273. The van der Waals surface area contributed by atoms with Crippen molar-refractivity contribution in [3.05, 3.63) is 39.9 Å². The Morgan fingerprint density at radius 3 is 2.67 bits per heavy atom. The van der Waals surface area contributed by atoms with Crippen LogP contribution in [0, 0.1) is 6.92 Å². The molecule has 0 spiro atoms. The molecule has 0 heterocycles. The Hall–Kier alpha value is -0.560. The predicted octanol–water partition coefficient (Wildman–Crippen LogP) is 3.96. The predicted molar refractivity (Wildman–Crippen MR) is 58.3 cm³/mol. The van der Waals surface area contributed by atoms with Gasteiger partial charge in [-0.15, -0.1) is 0 Å². The van der Waals surface area contributed by atoms with Crippen LogP contribution in [0.2, 0.25) is 0 Å². The van der Waals surface area contributed by atoms with Gasteiger partial charge >= 0.3 is 0 Å². The molecule has 64 valence electrons. The van der Waals surface area contributed by atoms with E-state index in [0.717, 1.165) is 6.42 Å². The molecule has 0 aromatic heterocycles. The summed E-state index contributed by atoms with van der Waals surface area (Å²) in [7, 11) is 0. The highest BCUT2D eigenvalue weighted by Gasteiger charge is 2.03. The molecular weight excluding hydrogens is 212 g/mol. The van der Waals surface area contributed by atoms with Crippen LogP contribution < -0.4 is 0 Å². The van der Waals surface area contributed by atoms with Gasteiger partial charge in [-0.3, -0.25) is 0 Å². The number of hydrogen-bond donors (Lipinski definition) is 0. The Balaban J connectivity index is 3.35. The molecule has 0 nitrogen and oxygen atoms in total. The van der Waals surface area contributed by atoms with Gasteiger partial charge in [-0.2, -0.15) is 0 Å². The monoisotopic (exact) mass is 224 g/mol. The van der Waals surface area contributed by atoms with E-state index in [2.05, 4.69) is 48.5 Å². The van der Waals surface area contributed by atoms with Crippen molar-refractivity contribution in [2.75, 3.05) is 0 Å². The van der Waals surface area contributed by atoms with E-state index in [1.807, 2.05) is 6.08 Å². The van der Waals surface area contributed by atoms with Gasteiger partial charge in [-0.05, 0) is 36.1 Å². The van der Waals surface area contributed by atoms with E-state index in [0.29, 0.717) is 0 Å². The molecule has 0 fully saturated rings. The summed E-state index contributed by atoms with van der Waals surface area (Å²) in [5.74, 6) is 0. The first kappa shape index (κ1) is 9.53. The minimum absolute atomic E-state index is 1.06. The fourth-order valence-corrected chi connectivity index (χ4v) is 1.78. The normalized spacial score (nSPS) is 9.92. The number of hydrogen-bond acceptors (Lipinski definition) is 0. The van der Waals surface area contributed by atoms with E-state index < -0.39 is 0 Å². The van der Waals surface area contributed by atoms with Gasteiger partial charge in [0.05, 0.1) is 0 Å². The van der Waals surface area contributed by atoms with E-state index in [1.165, 1.54) is 21.2 Å². The zero-order chi connectivity index (χ0) is 9.14. The Bertz CT molecular complexity index is 300. The standard InChI is InChI=1S/C11H13Br/c1-4-9-6-7-11(12)8(3)10(9)5-2/h4,6-7H,1,5H2,2-3H3. The summed E-state index contributed by atoms with van der Waals surface area (Å²) < 4.78 is 1.19. The quantitative estimate of drug-likeness (QED) is 0.714. The van der Waals surface area contributed by atoms with Crippen LogP contribution in [0.25, 0.3) is 6.08 Å². The van der Waals surface area contributed by atoms with Crippen molar-refractivity contribution >= 4 is 22.0 Å². The summed E-state index contributed by atoms with van der Waals surface area (Å²) >= 11 is 3.52. The van der Waals surface area contributed by atoms with Gasteiger partial charge in [0, 0.05) is 4.47 Å². The van der Waals surface area contributed by atoms with Crippen molar-refractivity contribution < 1.29 is 0 Å². The zero-order valence-electron chi connectivity index (χ0n) is 7.52. The molecule has 0 atom stereocenters. The van der Waals surface area contributed by atoms with Crippen LogP contribution in [0.15, 0.2) is 23.2 Å². The first-order chi connectivity index (χ1) is 5.70. The smallest absolute Gasteiger partial charge is 0.0207 e. The lowest BCUT2D eigenvalue weighted by molar-refractivity contribution is 1.10. The van der Waals surface area contributed by atoms with E-state index in [1.54, 1.807) is 0 Å². The second-order valence-electron chi connectivity index (χ2n) is 2.80. The molecule has 0 aliphatic rings. The summed E-state index contributed by atoms with van der Waals surface area (Å²) in [5.41, 5.74) is 3.97. The van der Waals surface area contributed by atoms with Crippen LogP contribution in [0.3, 0.4) is 0 Å². The minimum Gasteiger partial charge on any atom is -0.0985 e. The highest BCUT2D eigenvalue weighted by atomic mass is 79.9. The number of halogens is 1. The topological polar surface area (TPSA) is 0 Å². The van der Waals surface area contributed by atoms with Crippen LogP contribution in [0.4, 0.5) is 0 Å². The van der Waals surface area contributed by atoms with Crippen molar-refractivity contribution in [2.45, 2.75) is 20.3 Å². The first-order valence-corrected chi connectivity index (χ1v) is 4.90. The SMILES string of the molecule is C=Cc1ccc(Br)c(C)c1CC. The van der Waals surface area contributed by atoms with Crippen molar-refractivity contribution in [1.82, 2.24) is 0 Å². The summed E-state index contributed by atoms with van der Waals surface area (Å²) in [5, 5.41) is 0. The average molecular weight is 225 g/mol. The van der Waals surface area contributed by atoms with Crippen LogP contribution in [0.5, 0.6) is 0 Å². The minimum atomic E-state index is 1.06. The van der Waals surface area contributed by atoms with Gasteiger partial charge in [-0.25, -0.2) is 0 Å². The highest BCUT2D eigenvalue weighted by molar-refractivity contribution is 9.10. The van der Waals surface area contributed by atoms with Crippen LogP contribution in [0.1, 0.15) is 23.6 Å². The van der Waals surface area contributed by atoms with Crippen LogP contribution >= 0.6 is 15.9 Å². The third-order valence-corrected chi connectivity index (χ3v) is 3.00. The van der Waals surface area contributed by atoms with E-state index >= 15 is 0 Å². The highest BCUT2D eigenvalue weighted by Crippen LogP contribution is 2.24. The van der Waals surface area contributed by atoms with Gasteiger partial charge in [0.25, 0.3) is 0 Å². The van der Waals surface area contributed by atoms with Crippen LogP contribution in [-0.2, 0) is 6.42 Å². The van der Waals surface area contributed by atoms with Crippen molar-refractivity contribution in [3.63, 3.8) is 0 Å². The third-order valence-electron chi connectivity index (χ3n) is 2.14. The largest absolute Gasteiger partial charge is 0.0985 e. The molecule has 0 unspecified atom stereocenters. The average Bonchev–Trinajstić information content (AvgIpc) is 2.09. The maximum Gasteiger partial charge on any atom is 0.0207 e. The molecule has 0 saturated heterocycles. The molecule has 0 aliphatic heterocycles. The molecule has 1 aromatic carbocycles. The Morgan fingerprint density at radius 1 is 1.50 bits per heavy atom. The van der Waals surface area contributed by atoms with Gasteiger partial charge in [0.15, 0.2) is 0 Å². The Kier molecular flexibility index (Phi) is 3.10. The second kappa shape index (κ2) is 3.90. The molecule has 1 rings (SSSR count). The molecule has 0 saturated carbocycles. The summed E-state index contributed by atoms with van der Waals surface area (Å²) in [6.45, 7) is 8.10. The maximum absolute atomic E-state index is 3.80. The van der Waals surface area contributed by atoms with Gasteiger partial charge < -0.3 is 0 Å². The number of rotatable bonds is 2. The first-order valence-electron chi connectivity index (χ1n) is 4.11. The lowest BCUT2D eigenvalue weighted by atomic mass is 10.00. The van der Waals surface area contributed by atoms with E-state index in [4.69, 9.17) is 0 Å². The van der Waals surface area contributed by atoms with Crippen molar-refractivity contribution in [1.29, 1.82) is 0 Å². The number of benzene rings is 1. The van der Waals surface area contributed by atoms with Gasteiger partial charge in [-0.1, -0.05) is 41.6 Å². The summed E-state index contributed by atoms with van der Waals surface area (Å²) in [6.07, 6.45) is 2.98. The molecule has 1 aromatic rings. The van der Waals surface area contributed by atoms with Gasteiger partial charge in [0.1, 0.15) is 0 Å². The van der Waals surface area contributed by atoms with Gasteiger partial charge in [0.2, 0.25) is 0 Å². The van der Waals surface area contributed by atoms with E-state index in [9.17, 15) is 0 Å². The maximum atomic E-state index is 3.80. The second-order valence-corrected chi connectivity index (χ2v) is 3.65. The lowest BCUT2D eigenvalue weighted by Gasteiger charge is -2.08. The lowest BCUT2D eigenvalue weighted by Crippen LogP contribution is -1.91. The molecule has 0 N–H and O–H groups in total. The van der Waals surface area contributed by atoms with Crippen molar-refractivity contribution in [2.24, 2.45) is 0 Å². The molecule has 1 heteroatoms. The van der Waals surface area contributed by atoms with Crippen molar-refractivity contribution in [3.8, 4) is 0 Å². The summed E-state index contributed by atoms with van der Waals surface area (Å²) in [6, 6.07) is 4.18. The molecular formula is C11H13Br. The molecule has 0 radical (unpaired) electrons. The van der Waals surface area contributed by atoms with E-state index in [-0.39, 0.29) is 0 Å². The Labute approximate surface area is 82.4 Å². The fourth-order valence-electron chi connectivity index (χ4n) is 1.41. The molecule has 0 bridgehead atoms.